The molecule has 1 atom stereocenters. The van der Waals surface area contributed by atoms with Gasteiger partial charge in [-0.1, -0.05) is 12.5 Å². The number of nitrogens with zero attached hydrogens (tertiary/aromatic N) is 5. The van der Waals surface area contributed by atoms with E-state index in [1.807, 2.05) is 36.0 Å². The Kier molecular flexibility index (Phi) is 4.94. The topological polar surface area (TPSA) is 66.8 Å². The van der Waals surface area contributed by atoms with E-state index in [2.05, 4.69) is 31.2 Å². The largest absolute Gasteiger partial charge is 0.300 e. The first-order valence-electron chi connectivity index (χ1n) is 8.52. The van der Waals surface area contributed by atoms with E-state index in [4.69, 9.17) is 4.98 Å². The Labute approximate surface area is 151 Å². The molecule has 1 aliphatic heterocycles. The molecule has 25 heavy (non-hydrogen) atoms. The highest BCUT2D eigenvalue weighted by atomic mass is 32.1. The van der Waals surface area contributed by atoms with Gasteiger partial charge in [-0.05, 0) is 37.6 Å². The van der Waals surface area contributed by atoms with E-state index >= 15 is 0 Å². The number of piperidine rings is 1. The van der Waals surface area contributed by atoms with Gasteiger partial charge in [0.1, 0.15) is 0 Å². The van der Waals surface area contributed by atoms with Gasteiger partial charge in [0.05, 0.1) is 17.4 Å². The van der Waals surface area contributed by atoms with Crippen LogP contribution in [0.1, 0.15) is 36.7 Å². The summed E-state index contributed by atoms with van der Waals surface area (Å²) < 4.78 is 0. The van der Waals surface area contributed by atoms with Crippen LogP contribution in [0.3, 0.4) is 0 Å². The molecule has 0 amide bonds. The number of aromatic nitrogens is 4. The molecule has 0 aliphatic carbocycles. The van der Waals surface area contributed by atoms with E-state index in [0.717, 1.165) is 36.0 Å². The van der Waals surface area contributed by atoms with E-state index in [-0.39, 0.29) is 0 Å². The fourth-order valence-corrected chi connectivity index (χ4v) is 3.74. The zero-order chi connectivity index (χ0) is 16.9. The molecule has 4 rings (SSSR count). The van der Waals surface area contributed by atoms with Crippen molar-refractivity contribution in [3.63, 3.8) is 0 Å². The average molecular weight is 352 g/mol. The number of hydrogen-bond acceptors (Lipinski definition) is 7. The molecule has 3 aromatic rings. The third-order valence-corrected chi connectivity index (χ3v) is 5.06. The Morgan fingerprint density at radius 3 is 2.92 bits per heavy atom. The van der Waals surface area contributed by atoms with E-state index in [9.17, 15) is 0 Å². The summed E-state index contributed by atoms with van der Waals surface area (Å²) >= 11 is 1.54. The third-order valence-electron chi connectivity index (χ3n) is 4.37. The van der Waals surface area contributed by atoms with Crippen molar-refractivity contribution in [3.05, 3.63) is 59.6 Å². The van der Waals surface area contributed by atoms with Crippen LogP contribution in [-0.4, -0.2) is 31.4 Å². The maximum atomic E-state index is 4.75. The van der Waals surface area contributed by atoms with Crippen molar-refractivity contribution in [2.24, 2.45) is 0 Å². The number of likely N-dealkylation sites (tertiary alicyclic amines) is 1. The van der Waals surface area contributed by atoms with Crippen molar-refractivity contribution in [2.75, 3.05) is 11.9 Å². The van der Waals surface area contributed by atoms with Crippen LogP contribution in [-0.2, 0) is 6.54 Å². The third kappa shape index (κ3) is 4.00. The van der Waals surface area contributed by atoms with Gasteiger partial charge in [-0.2, -0.15) is 0 Å². The van der Waals surface area contributed by atoms with Crippen LogP contribution in [0.15, 0.2) is 48.2 Å². The van der Waals surface area contributed by atoms with E-state index in [1.54, 1.807) is 17.5 Å². The van der Waals surface area contributed by atoms with Gasteiger partial charge < -0.3 is 5.32 Å². The summed E-state index contributed by atoms with van der Waals surface area (Å²) in [5, 5.41) is 5.93. The molecule has 7 heteroatoms. The predicted molar refractivity (Wildman–Crippen MR) is 98.7 cm³/mol. The minimum absolute atomic E-state index is 0.301. The molecule has 0 spiro atoms. The lowest BCUT2D eigenvalue weighted by atomic mass is 9.99. The van der Waals surface area contributed by atoms with E-state index < -0.39 is 0 Å². The van der Waals surface area contributed by atoms with Crippen LogP contribution in [0, 0.1) is 0 Å². The summed E-state index contributed by atoms with van der Waals surface area (Å²) in [7, 11) is 0. The maximum Gasteiger partial charge on any atom is 0.229 e. The van der Waals surface area contributed by atoms with Gasteiger partial charge in [0.15, 0.2) is 5.13 Å². The van der Waals surface area contributed by atoms with Crippen LogP contribution < -0.4 is 5.32 Å². The SMILES string of the molecule is c1ccc(CN2CCCC[C@@H]2c2ccnc(Nc3nccs3)n2)nc1. The molecule has 6 nitrogen and oxygen atoms in total. The molecule has 1 fully saturated rings. The van der Waals surface area contributed by atoms with Gasteiger partial charge in [0, 0.05) is 30.5 Å². The molecule has 0 aromatic carbocycles. The molecule has 1 aliphatic rings. The number of rotatable bonds is 5. The summed E-state index contributed by atoms with van der Waals surface area (Å²) in [5.74, 6) is 0.607. The fraction of sp³-hybridized carbons (Fsp3) is 0.333. The van der Waals surface area contributed by atoms with Gasteiger partial charge in [-0.25, -0.2) is 15.0 Å². The van der Waals surface area contributed by atoms with Crippen molar-refractivity contribution >= 4 is 22.4 Å². The molecular formula is C18H20N6S. The number of anilines is 2. The standard InChI is InChI=1S/C18H20N6S/c1-3-8-19-14(5-1)13-24-11-4-2-6-16(24)15-7-9-20-17(22-15)23-18-21-10-12-25-18/h1,3,5,7-10,12,16H,2,4,6,11,13H2,(H,20,21,22,23)/t16-/m1/s1. The van der Waals surface area contributed by atoms with Crippen molar-refractivity contribution in [2.45, 2.75) is 31.8 Å². The number of pyridine rings is 1. The lowest BCUT2D eigenvalue weighted by Gasteiger charge is -2.35. The molecule has 0 unspecified atom stereocenters. The molecule has 128 valence electrons. The molecule has 0 radical (unpaired) electrons. The number of nitrogens with one attached hydrogen (secondary N) is 1. The highest BCUT2D eigenvalue weighted by Gasteiger charge is 2.25. The Morgan fingerprint density at radius 1 is 1.08 bits per heavy atom. The zero-order valence-electron chi connectivity index (χ0n) is 13.9. The summed E-state index contributed by atoms with van der Waals surface area (Å²) in [6.07, 6.45) is 9.01. The Balaban J connectivity index is 1.53. The smallest absolute Gasteiger partial charge is 0.229 e. The van der Waals surface area contributed by atoms with Crippen molar-refractivity contribution < 1.29 is 0 Å². The highest BCUT2D eigenvalue weighted by molar-refractivity contribution is 7.13. The van der Waals surface area contributed by atoms with Gasteiger partial charge in [-0.15, -0.1) is 11.3 Å². The maximum absolute atomic E-state index is 4.75. The minimum atomic E-state index is 0.301. The predicted octanol–water partition coefficient (Wildman–Crippen LogP) is 3.80. The second kappa shape index (κ2) is 7.67. The Bertz CT molecular complexity index is 792. The first-order chi connectivity index (χ1) is 12.4. The van der Waals surface area contributed by atoms with Crippen molar-refractivity contribution in [3.8, 4) is 0 Å². The second-order valence-electron chi connectivity index (χ2n) is 6.07. The number of thiazole rings is 1. The van der Waals surface area contributed by atoms with Crippen LogP contribution in [0.5, 0.6) is 0 Å². The fourth-order valence-electron chi connectivity index (χ4n) is 3.21. The molecule has 0 saturated carbocycles. The van der Waals surface area contributed by atoms with Crippen molar-refractivity contribution in [1.82, 2.24) is 24.8 Å². The molecular weight excluding hydrogens is 332 g/mol. The summed E-state index contributed by atoms with van der Waals surface area (Å²) in [6.45, 7) is 1.92. The van der Waals surface area contributed by atoms with Crippen LogP contribution in [0.25, 0.3) is 0 Å². The number of hydrogen-bond donors (Lipinski definition) is 1. The molecule has 3 aromatic heterocycles. The van der Waals surface area contributed by atoms with Gasteiger partial charge in [0.25, 0.3) is 0 Å². The van der Waals surface area contributed by atoms with Gasteiger partial charge in [0.2, 0.25) is 5.95 Å². The lowest BCUT2D eigenvalue weighted by molar-refractivity contribution is 0.135. The molecule has 1 N–H and O–H groups in total. The zero-order valence-corrected chi connectivity index (χ0v) is 14.7. The van der Waals surface area contributed by atoms with Gasteiger partial charge >= 0.3 is 0 Å². The molecule has 1 saturated heterocycles. The Hall–Kier alpha value is -2.38. The summed E-state index contributed by atoms with van der Waals surface area (Å²) in [5.41, 5.74) is 2.16. The first kappa shape index (κ1) is 16.1. The monoisotopic (exact) mass is 352 g/mol. The van der Waals surface area contributed by atoms with Crippen LogP contribution in [0.2, 0.25) is 0 Å². The van der Waals surface area contributed by atoms with E-state index in [1.165, 1.54) is 12.8 Å². The van der Waals surface area contributed by atoms with Crippen molar-refractivity contribution in [1.29, 1.82) is 0 Å². The highest BCUT2D eigenvalue weighted by Crippen LogP contribution is 2.31. The quantitative estimate of drug-likeness (QED) is 0.753. The molecule has 0 bridgehead atoms. The van der Waals surface area contributed by atoms with Crippen LogP contribution >= 0.6 is 11.3 Å². The lowest BCUT2D eigenvalue weighted by Crippen LogP contribution is -2.33. The minimum Gasteiger partial charge on any atom is -0.300 e. The second-order valence-corrected chi connectivity index (χ2v) is 6.97. The van der Waals surface area contributed by atoms with E-state index in [0.29, 0.717) is 12.0 Å². The normalized spacial score (nSPS) is 18.2. The summed E-state index contributed by atoms with van der Waals surface area (Å²) in [6, 6.07) is 8.41. The first-order valence-corrected chi connectivity index (χ1v) is 9.40. The average Bonchev–Trinajstić information content (AvgIpc) is 3.16. The van der Waals surface area contributed by atoms with Gasteiger partial charge in [-0.3, -0.25) is 9.88 Å². The molecule has 4 heterocycles. The van der Waals surface area contributed by atoms with Crippen LogP contribution in [0.4, 0.5) is 11.1 Å². The Morgan fingerprint density at radius 2 is 2.08 bits per heavy atom. The summed E-state index contributed by atoms with van der Waals surface area (Å²) in [4.78, 5) is 20.3.